The number of pyridine rings is 2. The first-order valence-electron chi connectivity index (χ1n) is 11.4. The van der Waals surface area contributed by atoms with E-state index >= 15 is 0 Å². The maximum atomic E-state index is 13.1. The maximum absolute atomic E-state index is 13.1. The molecular weight excluding hydrogens is 486 g/mol. The van der Waals surface area contributed by atoms with E-state index in [1.807, 2.05) is 0 Å². The molecule has 8 nitrogen and oxygen atoms in total. The van der Waals surface area contributed by atoms with E-state index in [4.69, 9.17) is 0 Å². The Morgan fingerprint density at radius 3 is 2.41 bits per heavy atom. The highest BCUT2D eigenvalue weighted by atomic mass is 32.2. The number of nitrogens with one attached hydrogen (secondary N) is 2. The Morgan fingerprint density at radius 1 is 0.919 bits per heavy atom. The molecule has 0 bridgehead atoms. The lowest BCUT2D eigenvalue weighted by Gasteiger charge is -2.21. The normalized spacial score (nSPS) is 11.5. The summed E-state index contributed by atoms with van der Waals surface area (Å²) in [7, 11) is -3.77. The van der Waals surface area contributed by atoms with Crippen molar-refractivity contribution < 1.29 is 13.2 Å². The summed E-state index contributed by atoms with van der Waals surface area (Å²) in [6, 6.07) is 22.3. The summed E-state index contributed by atoms with van der Waals surface area (Å²) in [6.45, 7) is 5.33. The third-order valence-electron chi connectivity index (χ3n) is 5.25. The molecule has 0 unspecified atom stereocenters. The molecule has 1 amide bonds. The van der Waals surface area contributed by atoms with E-state index in [2.05, 4.69) is 26.1 Å². The maximum Gasteiger partial charge on any atom is 0.259 e. The van der Waals surface area contributed by atoms with Crippen LogP contribution in [0.4, 0.5) is 5.82 Å². The van der Waals surface area contributed by atoms with Gasteiger partial charge in [0.15, 0.2) is 0 Å². The van der Waals surface area contributed by atoms with Gasteiger partial charge < -0.3 is 5.32 Å². The molecule has 0 atom stereocenters. The molecule has 4 rings (SSSR count). The first-order valence-corrected chi connectivity index (χ1v) is 12.9. The molecule has 0 aliphatic carbocycles. The van der Waals surface area contributed by atoms with Gasteiger partial charge in [-0.15, -0.1) is 0 Å². The standard InChI is InChI=1S/C28H25N5O3S/c1-28(2,3)33-37(35,36)24-12-5-4-10-22(24)21-13-14-25(31-18-21)32-27(34)23-11-7-15-30-26(23)20-9-6-8-19(16-20)17-29/h4-16,18,33H,1-3H3,(H,31,32,34). The van der Waals surface area contributed by atoms with Gasteiger partial charge in [0.25, 0.3) is 5.91 Å². The van der Waals surface area contributed by atoms with Crippen molar-refractivity contribution in [3.05, 3.63) is 96.3 Å². The Morgan fingerprint density at radius 2 is 1.70 bits per heavy atom. The third-order valence-corrected chi connectivity index (χ3v) is 7.07. The van der Waals surface area contributed by atoms with E-state index in [0.717, 1.165) is 0 Å². The van der Waals surface area contributed by atoms with Crippen molar-refractivity contribution >= 4 is 21.7 Å². The van der Waals surface area contributed by atoms with Crippen LogP contribution in [-0.4, -0.2) is 29.8 Å². The summed E-state index contributed by atoms with van der Waals surface area (Å²) >= 11 is 0. The van der Waals surface area contributed by atoms with Crippen LogP contribution in [0, 0.1) is 11.3 Å². The van der Waals surface area contributed by atoms with Gasteiger partial charge in [0, 0.05) is 34.6 Å². The number of hydrogen-bond donors (Lipinski definition) is 2. The number of carbonyl (C=O) groups is 1. The van der Waals surface area contributed by atoms with Crippen LogP contribution in [0.15, 0.2) is 90.1 Å². The minimum absolute atomic E-state index is 0.142. The van der Waals surface area contributed by atoms with Gasteiger partial charge in [0.1, 0.15) is 5.82 Å². The van der Waals surface area contributed by atoms with Gasteiger partial charge in [0.2, 0.25) is 10.0 Å². The minimum Gasteiger partial charge on any atom is -0.306 e. The van der Waals surface area contributed by atoms with Crippen molar-refractivity contribution in [2.24, 2.45) is 0 Å². The SMILES string of the molecule is CC(C)(C)NS(=O)(=O)c1ccccc1-c1ccc(NC(=O)c2cccnc2-c2cccc(C#N)c2)nc1. The van der Waals surface area contributed by atoms with Crippen LogP contribution in [0.25, 0.3) is 22.4 Å². The molecule has 0 saturated carbocycles. The molecule has 2 heterocycles. The van der Waals surface area contributed by atoms with Gasteiger partial charge >= 0.3 is 0 Å². The highest BCUT2D eigenvalue weighted by Crippen LogP contribution is 2.28. The first-order chi connectivity index (χ1) is 17.6. The van der Waals surface area contributed by atoms with E-state index in [-0.39, 0.29) is 4.90 Å². The lowest BCUT2D eigenvalue weighted by molar-refractivity contribution is 0.102. The second-order valence-corrected chi connectivity index (χ2v) is 11.0. The van der Waals surface area contributed by atoms with E-state index in [1.54, 1.807) is 99.8 Å². The van der Waals surface area contributed by atoms with Gasteiger partial charge in [-0.2, -0.15) is 5.26 Å². The Balaban J connectivity index is 1.60. The van der Waals surface area contributed by atoms with Crippen LogP contribution in [0.3, 0.4) is 0 Å². The van der Waals surface area contributed by atoms with Crippen molar-refractivity contribution in [3.63, 3.8) is 0 Å². The second kappa shape index (κ2) is 10.3. The predicted molar refractivity (Wildman–Crippen MR) is 142 cm³/mol. The number of amides is 1. The molecule has 0 fully saturated rings. The Kier molecular flexibility index (Phi) is 7.16. The zero-order valence-electron chi connectivity index (χ0n) is 20.6. The van der Waals surface area contributed by atoms with E-state index in [9.17, 15) is 18.5 Å². The van der Waals surface area contributed by atoms with E-state index < -0.39 is 21.5 Å². The highest BCUT2D eigenvalue weighted by Gasteiger charge is 2.25. The number of nitrogens with zero attached hydrogens (tertiary/aromatic N) is 3. The molecule has 0 spiro atoms. The molecule has 0 aliphatic heterocycles. The van der Waals surface area contributed by atoms with Gasteiger partial charge in [-0.1, -0.05) is 30.3 Å². The first kappa shape index (κ1) is 25.7. The molecule has 2 aromatic heterocycles. The van der Waals surface area contributed by atoms with Crippen molar-refractivity contribution in [2.45, 2.75) is 31.2 Å². The molecule has 9 heteroatoms. The summed E-state index contributed by atoms with van der Waals surface area (Å²) < 4.78 is 28.7. The highest BCUT2D eigenvalue weighted by molar-refractivity contribution is 7.89. The topological polar surface area (TPSA) is 125 Å². The molecule has 4 aromatic rings. The van der Waals surface area contributed by atoms with Crippen molar-refractivity contribution in [2.75, 3.05) is 5.32 Å². The lowest BCUT2D eigenvalue weighted by Crippen LogP contribution is -2.40. The van der Waals surface area contributed by atoms with Gasteiger partial charge in [-0.05, 0) is 63.2 Å². The largest absolute Gasteiger partial charge is 0.306 e. The van der Waals surface area contributed by atoms with Crippen LogP contribution < -0.4 is 10.0 Å². The lowest BCUT2D eigenvalue weighted by atomic mass is 10.0. The molecule has 2 N–H and O–H groups in total. The number of nitriles is 1. The number of anilines is 1. The number of benzene rings is 2. The van der Waals surface area contributed by atoms with Crippen LogP contribution in [0.5, 0.6) is 0 Å². The predicted octanol–water partition coefficient (Wildman–Crippen LogP) is 5.01. The van der Waals surface area contributed by atoms with Crippen molar-refractivity contribution in [1.29, 1.82) is 5.26 Å². The number of carbonyl (C=O) groups excluding carboxylic acids is 1. The molecule has 37 heavy (non-hydrogen) atoms. The fraction of sp³-hybridized carbons (Fsp3) is 0.143. The fourth-order valence-electron chi connectivity index (χ4n) is 3.76. The van der Waals surface area contributed by atoms with E-state index in [0.29, 0.717) is 39.3 Å². The summed E-state index contributed by atoms with van der Waals surface area (Å²) in [4.78, 5) is 21.9. The fourth-order valence-corrected chi connectivity index (χ4v) is 5.41. The number of aromatic nitrogens is 2. The molecule has 0 aliphatic rings. The van der Waals surface area contributed by atoms with Crippen LogP contribution in [0.2, 0.25) is 0 Å². The smallest absolute Gasteiger partial charge is 0.259 e. The third kappa shape index (κ3) is 6.06. The number of hydrogen-bond acceptors (Lipinski definition) is 6. The Labute approximate surface area is 216 Å². The van der Waals surface area contributed by atoms with Crippen LogP contribution in [-0.2, 0) is 10.0 Å². The van der Waals surface area contributed by atoms with Crippen LogP contribution >= 0.6 is 0 Å². The van der Waals surface area contributed by atoms with E-state index in [1.165, 1.54) is 6.20 Å². The van der Waals surface area contributed by atoms with Crippen LogP contribution in [0.1, 0.15) is 36.7 Å². The molecule has 0 saturated heterocycles. The van der Waals surface area contributed by atoms with Crippen molar-refractivity contribution in [1.82, 2.24) is 14.7 Å². The quantitative estimate of drug-likeness (QED) is 0.375. The Hall–Kier alpha value is -4.39. The van der Waals surface area contributed by atoms with Crippen molar-refractivity contribution in [3.8, 4) is 28.5 Å². The Bertz CT molecular complexity index is 1600. The summed E-state index contributed by atoms with van der Waals surface area (Å²) in [5.74, 6) is -0.120. The summed E-state index contributed by atoms with van der Waals surface area (Å²) in [5, 5.41) is 12.0. The van der Waals surface area contributed by atoms with Gasteiger partial charge in [-0.25, -0.2) is 18.1 Å². The molecule has 2 aromatic carbocycles. The van der Waals surface area contributed by atoms with Gasteiger partial charge in [-0.3, -0.25) is 9.78 Å². The summed E-state index contributed by atoms with van der Waals surface area (Å²) in [6.07, 6.45) is 3.10. The van der Waals surface area contributed by atoms with Gasteiger partial charge in [0.05, 0.1) is 27.8 Å². The number of rotatable bonds is 6. The number of sulfonamides is 1. The second-order valence-electron chi connectivity index (χ2n) is 9.33. The zero-order chi connectivity index (χ0) is 26.6. The monoisotopic (exact) mass is 511 g/mol. The molecule has 0 radical (unpaired) electrons. The minimum atomic E-state index is -3.77. The summed E-state index contributed by atoms with van der Waals surface area (Å²) in [5.41, 5.74) is 2.33. The average molecular weight is 512 g/mol. The molecule has 186 valence electrons. The average Bonchev–Trinajstić information content (AvgIpc) is 2.88. The zero-order valence-corrected chi connectivity index (χ0v) is 21.4. The molecular formula is C28H25N5O3S.